The topological polar surface area (TPSA) is 80.4 Å². The van der Waals surface area contributed by atoms with Crippen LogP contribution in [0.15, 0.2) is 27.1 Å². The van der Waals surface area contributed by atoms with Crippen LogP contribution in [0, 0.1) is 5.92 Å². The molecule has 2 aliphatic rings. The van der Waals surface area contributed by atoms with Crippen molar-refractivity contribution in [2.24, 2.45) is 20.9 Å². The van der Waals surface area contributed by atoms with E-state index in [2.05, 4.69) is 19.7 Å². The van der Waals surface area contributed by atoms with Crippen LogP contribution >= 0.6 is 0 Å². The van der Waals surface area contributed by atoms with Crippen LogP contribution in [0.2, 0.25) is 0 Å². The first-order valence-corrected chi connectivity index (χ1v) is 4.21. The van der Waals surface area contributed by atoms with Gasteiger partial charge in [-0.2, -0.15) is 4.99 Å². The summed E-state index contributed by atoms with van der Waals surface area (Å²) in [5.41, 5.74) is 0.190. The number of dihydropyridines is 1. The predicted octanol–water partition coefficient (Wildman–Crippen LogP) is -0.247. The minimum atomic E-state index is -0.544. The zero-order chi connectivity index (χ0) is 10.8. The van der Waals surface area contributed by atoms with Gasteiger partial charge in [0.2, 0.25) is 0 Å². The largest absolute Gasteiger partial charge is 0.465 e. The highest BCUT2D eigenvalue weighted by atomic mass is 16.5. The Kier molecular flexibility index (Phi) is 2.24. The molecule has 0 radical (unpaired) electrons. The number of hydrogen-bond acceptors (Lipinski definition) is 5. The second-order valence-electron chi connectivity index (χ2n) is 2.90. The van der Waals surface area contributed by atoms with Gasteiger partial charge in [-0.05, 0) is 0 Å². The van der Waals surface area contributed by atoms with Crippen molar-refractivity contribution in [2.45, 2.75) is 0 Å². The molecule has 0 bridgehead atoms. The molecule has 0 aromatic heterocycles. The van der Waals surface area contributed by atoms with Gasteiger partial charge in [-0.15, -0.1) is 0 Å². The third-order valence-electron chi connectivity index (χ3n) is 2.01. The third-order valence-corrected chi connectivity index (χ3v) is 2.01. The zero-order valence-electron chi connectivity index (χ0n) is 7.88. The summed E-state index contributed by atoms with van der Waals surface area (Å²) in [6, 6.07) is 0. The molecule has 1 amide bonds. The molecular formula is C9H7N3O3. The maximum Gasteiger partial charge on any atom is 0.353 e. The first-order valence-electron chi connectivity index (χ1n) is 4.21. The van der Waals surface area contributed by atoms with Gasteiger partial charge in [0, 0.05) is 6.08 Å². The first-order chi connectivity index (χ1) is 7.22. The van der Waals surface area contributed by atoms with Crippen LogP contribution in [0.4, 0.5) is 0 Å². The summed E-state index contributed by atoms with van der Waals surface area (Å²) in [6.45, 7) is 0. The summed E-state index contributed by atoms with van der Waals surface area (Å²) < 4.78 is 4.56. The van der Waals surface area contributed by atoms with Crippen molar-refractivity contribution in [1.29, 1.82) is 0 Å². The molecule has 0 fully saturated rings. The van der Waals surface area contributed by atoms with Crippen LogP contribution in [-0.4, -0.2) is 36.9 Å². The molecule has 0 saturated carbocycles. The molecule has 6 nitrogen and oxygen atoms in total. The van der Waals surface area contributed by atoms with Crippen molar-refractivity contribution in [3.05, 3.63) is 12.2 Å². The van der Waals surface area contributed by atoms with Gasteiger partial charge in [-0.1, -0.05) is 6.08 Å². The molecule has 0 aromatic rings. The Bertz CT molecular complexity index is 446. The molecule has 0 N–H and O–H groups in total. The van der Waals surface area contributed by atoms with Gasteiger partial charge in [-0.3, -0.25) is 4.79 Å². The lowest BCUT2D eigenvalue weighted by Crippen LogP contribution is -2.33. The number of esters is 1. The van der Waals surface area contributed by atoms with Gasteiger partial charge >= 0.3 is 5.97 Å². The van der Waals surface area contributed by atoms with E-state index >= 15 is 0 Å². The fraction of sp³-hybridized carbons (Fsp3) is 0.222. The van der Waals surface area contributed by atoms with Crippen LogP contribution in [0.5, 0.6) is 0 Å². The minimum absolute atomic E-state index is 0.190. The molecule has 2 aliphatic heterocycles. The number of rotatable bonds is 1. The summed E-state index contributed by atoms with van der Waals surface area (Å²) >= 11 is 0. The second kappa shape index (κ2) is 3.56. The Morgan fingerprint density at radius 1 is 1.53 bits per heavy atom. The molecule has 76 valence electrons. The van der Waals surface area contributed by atoms with E-state index in [0.29, 0.717) is 0 Å². The smallest absolute Gasteiger partial charge is 0.353 e. The molecule has 15 heavy (non-hydrogen) atoms. The number of carbonyl (C=O) groups is 2. The SMILES string of the molecule is COC(=O)C1=NC=NC2=NC(=O)C=CC21. The molecule has 0 aromatic carbocycles. The molecule has 1 unspecified atom stereocenters. The molecule has 0 saturated heterocycles. The Morgan fingerprint density at radius 3 is 3.07 bits per heavy atom. The number of methoxy groups -OCH3 is 1. The number of aliphatic imine (C=N–C) groups is 3. The fourth-order valence-corrected chi connectivity index (χ4v) is 1.32. The van der Waals surface area contributed by atoms with Crippen LogP contribution in [-0.2, 0) is 14.3 Å². The summed E-state index contributed by atoms with van der Waals surface area (Å²) in [7, 11) is 1.27. The van der Waals surface area contributed by atoms with Crippen molar-refractivity contribution in [3.8, 4) is 0 Å². The molecule has 2 heterocycles. The lowest BCUT2D eigenvalue weighted by molar-refractivity contribution is -0.132. The highest BCUT2D eigenvalue weighted by Crippen LogP contribution is 2.15. The van der Waals surface area contributed by atoms with E-state index in [0.717, 1.165) is 0 Å². The van der Waals surface area contributed by atoms with Crippen LogP contribution in [0.1, 0.15) is 0 Å². The zero-order valence-corrected chi connectivity index (χ0v) is 7.88. The van der Waals surface area contributed by atoms with E-state index in [9.17, 15) is 9.59 Å². The number of nitrogens with zero attached hydrogens (tertiary/aromatic N) is 3. The Hall–Kier alpha value is -2.11. The normalized spacial score (nSPS) is 23.0. The van der Waals surface area contributed by atoms with E-state index in [4.69, 9.17) is 0 Å². The average Bonchev–Trinajstić information content (AvgIpc) is 2.26. The van der Waals surface area contributed by atoms with Crippen LogP contribution in [0.25, 0.3) is 0 Å². The molecular weight excluding hydrogens is 198 g/mol. The first kappa shape index (κ1) is 9.45. The maximum absolute atomic E-state index is 11.3. The average molecular weight is 205 g/mol. The van der Waals surface area contributed by atoms with E-state index in [-0.39, 0.29) is 17.5 Å². The number of amidine groups is 1. The summed E-state index contributed by atoms with van der Waals surface area (Å²) in [5, 5.41) is 0. The molecule has 2 rings (SSSR count). The number of hydrogen-bond donors (Lipinski definition) is 0. The Labute approximate surface area is 85.1 Å². The summed E-state index contributed by atoms with van der Waals surface area (Å²) in [6.07, 6.45) is 4.01. The van der Waals surface area contributed by atoms with Gasteiger partial charge in [0.05, 0.1) is 13.0 Å². The predicted molar refractivity (Wildman–Crippen MR) is 53.0 cm³/mol. The quantitative estimate of drug-likeness (QED) is 0.554. The van der Waals surface area contributed by atoms with Gasteiger partial charge < -0.3 is 4.74 Å². The summed E-state index contributed by atoms with van der Waals surface area (Å²) in [5.74, 6) is -1.12. The highest BCUT2D eigenvalue weighted by molar-refractivity contribution is 6.44. The van der Waals surface area contributed by atoms with Gasteiger partial charge in [0.25, 0.3) is 5.91 Å². The van der Waals surface area contributed by atoms with Crippen molar-refractivity contribution < 1.29 is 14.3 Å². The second-order valence-corrected chi connectivity index (χ2v) is 2.90. The standard InChI is InChI=1S/C9H7N3O3/c1-15-9(14)7-5-2-3-6(13)12-8(5)11-4-10-7/h2-5H,1H3. The fourth-order valence-electron chi connectivity index (χ4n) is 1.32. The number of fused-ring (bicyclic) bond motifs is 1. The molecule has 0 aliphatic carbocycles. The molecule has 1 atom stereocenters. The lowest BCUT2D eigenvalue weighted by Gasteiger charge is -2.17. The minimum Gasteiger partial charge on any atom is -0.465 e. The summed E-state index contributed by atoms with van der Waals surface area (Å²) in [4.78, 5) is 33.6. The lowest BCUT2D eigenvalue weighted by atomic mass is 9.98. The van der Waals surface area contributed by atoms with Gasteiger partial charge in [-0.25, -0.2) is 14.8 Å². The third kappa shape index (κ3) is 1.61. The maximum atomic E-state index is 11.3. The van der Waals surface area contributed by atoms with E-state index in [1.165, 1.54) is 25.6 Å². The van der Waals surface area contributed by atoms with E-state index in [1.54, 1.807) is 0 Å². The Morgan fingerprint density at radius 2 is 2.33 bits per heavy atom. The molecule has 6 heteroatoms. The van der Waals surface area contributed by atoms with Crippen molar-refractivity contribution in [2.75, 3.05) is 7.11 Å². The van der Waals surface area contributed by atoms with Gasteiger partial charge in [0.1, 0.15) is 17.9 Å². The van der Waals surface area contributed by atoms with Crippen molar-refractivity contribution in [3.63, 3.8) is 0 Å². The Balaban J connectivity index is 2.37. The molecule has 0 spiro atoms. The van der Waals surface area contributed by atoms with E-state index < -0.39 is 11.9 Å². The number of carbonyl (C=O) groups excluding carboxylic acids is 2. The van der Waals surface area contributed by atoms with E-state index in [1.807, 2.05) is 0 Å². The number of amides is 1. The highest BCUT2D eigenvalue weighted by Gasteiger charge is 2.30. The number of ether oxygens (including phenoxy) is 1. The van der Waals surface area contributed by atoms with Crippen LogP contribution in [0.3, 0.4) is 0 Å². The van der Waals surface area contributed by atoms with Gasteiger partial charge in [0.15, 0.2) is 0 Å². The van der Waals surface area contributed by atoms with Crippen molar-refractivity contribution >= 4 is 29.8 Å². The van der Waals surface area contributed by atoms with Crippen molar-refractivity contribution in [1.82, 2.24) is 0 Å². The van der Waals surface area contributed by atoms with Crippen LogP contribution < -0.4 is 0 Å². The monoisotopic (exact) mass is 205 g/mol.